The molecule has 2 aromatic rings. The summed E-state index contributed by atoms with van der Waals surface area (Å²) in [7, 11) is -3.69. The summed E-state index contributed by atoms with van der Waals surface area (Å²) in [5, 5.41) is 0.0166. The molecule has 20 heavy (non-hydrogen) atoms. The Balaban J connectivity index is 2.51. The summed E-state index contributed by atoms with van der Waals surface area (Å²) < 4.78 is 26.6. The topological polar surface area (TPSA) is 63.2 Å². The van der Waals surface area contributed by atoms with Crippen molar-refractivity contribution in [2.75, 3.05) is 10.8 Å². The quantitative estimate of drug-likeness (QED) is 0.814. The molecule has 0 aliphatic rings. The normalized spacial score (nSPS) is 11.3. The summed E-state index contributed by atoms with van der Waals surface area (Å²) in [5.74, 6) is 0. The van der Waals surface area contributed by atoms with Gasteiger partial charge in [0, 0.05) is 6.54 Å². The molecule has 0 atom stereocenters. The number of benzene rings is 1. The van der Waals surface area contributed by atoms with Crippen LogP contribution in [0.1, 0.15) is 12.5 Å². The molecule has 0 radical (unpaired) electrons. The molecule has 1 aromatic heterocycles. The summed E-state index contributed by atoms with van der Waals surface area (Å²) in [6.45, 7) is 3.96. The van der Waals surface area contributed by atoms with Gasteiger partial charge in [-0.3, -0.25) is 4.31 Å². The fourth-order valence-electron chi connectivity index (χ4n) is 1.87. The molecule has 0 saturated heterocycles. The van der Waals surface area contributed by atoms with Crippen molar-refractivity contribution in [2.24, 2.45) is 0 Å². The predicted molar refractivity (Wildman–Crippen MR) is 78.4 cm³/mol. The first-order chi connectivity index (χ1) is 9.46. The molecule has 0 spiro atoms. The van der Waals surface area contributed by atoms with Gasteiger partial charge in [-0.15, -0.1) is 0 Å². The van der Waals surface area contributed by atoms with E-state index < -0.39 is 10.0 Å². The van der Waals surface area contributed by atoms with Crippen molar-refractivity contribution in [3.05, 3.63) is 47.5 Å². The molecular formula is C13H14ClN3O2S. The maximum atomic E-state index is 12.6. The Bertz CT molecular complexity index is 702. The highest BCUT2D eigenvalue weighted by Crippen LogP contribution is 2.25. The van der Waals surface area contributed by atoms with Gasteiger partial charge in [0.25, 0.3) is 10.0 Å². The van der Waals surface area contributed by atoms with E-state index in [2.05, 4.69) is 9.97 Å². The highest BCUT2D eigenvalue weighted by atomic mass is 35.5. The Labute approximate surface area is 123 Å². The minimum atomic E-state index is -3.69. The highest BCUT2D eigenvalue weighted by Gasteiger charge is 2.25. The van der Waals surface area contributed by atoms with E-state index in [0.29, 0.717) is 12.2 Å². The van der Waals surface area contributed by atoms with E-state index in [1.54, 1.807) is 19.1 Å². The van der Waals surface area contributed by atoms with Gasteiger partial charge in [-0.1, -0.05) is 18.2 Å². The Hall–Kier alpha value is -1.66. The van der Waals surface area contributed by atoms with Crippen molar-refractivity contribution in [1.82, 2.24) is 9.97 Å². The second-order valence-corrected chi connectivity index (χ2v) is 6.34. The molecule has 106 valence electrons. The number of sulfonamides is 1. The highest BCUT2D eigenvalue weighted by molar-refractivity contribution is 7.92. The van der Waals surface area contributed by atoms with E-state index in [-0.39, 0.29) is 10.2 Å². The Kier molecular flexibility index (Phi) is 4.25. The van der Waals surface area contributed by atoms with Crippen LogP contribution in [0.3, 0.4) is 0 Å². The maximum Gasteiger partial charge on any atom is 0.267 e. The molecule has 0 aliphatic carbocycles. The predicted octanol–water partition coefficient (Wildman–Crippen LogP) is 2.65. The van der Waals surface area contributed by atoms with E-state index in [1.165, 1.54) is 16.7 Å². The molecule has 0 fully saturated rings. The van der Waals surface area contributed by atoms with Crippen LogP contribution in [0.15, 0.2) is 41.6 Å². The lowest BCUT2D eigenvalue weighted by Crippen LogP contribution is -2.31. The van der Waals surface area contributed by atoms with Gasteiger partial charge < -0.3 is 0 Å². The number of aromatic nitrogens is 2. The lowest BCUT2D eigenvalue weighted by atomic mass is 10.2. The van der Waals surface area contributed by atoms with Gasteiger partial charge >= 0.3 is 0 Å². The van der Waals surface area contributed by atoms with E-state index in [4.69, 9.17) is 11.6 Å². The number of aryl methyl sites for hydroxylation is 1. The van der Waals surface area contributed by atoms with Crippen molar-refractivity contribution < 1.29 is 8.42 Å². The zero-order valence-corrected chi connectivity index (χ0v) is 12.7. The monoisotopic (exact) mass is 311 g/mol. The summed E-state index contributed by atoms with van der Waals surface area (Å²) >= 11 is 5.59. The van der Waals surface area contributed by atoms with Crippen LogP contribution in [0.25, 0.3) is 0 Å². The van der Waals surface area contributed by atoms with E-state index in [9.17, 15) is 8.42 Å². The third kappa shape index (κ3) is 2.76. The lowest BCUT2D eigenvalue weighted by Gasteiger charge is -2.24. The number of para-hydroxylation sites is 1. The molecule has 1 aromatic carbocycles. The van der Waals surface area contributed by atoms with E-state index >= 15 is 0 Å². The number of rotatable bonds is 4. The number of anilines is 1. The van der Waals surface area contributed by atoms with Gasteiger partial charge in [0.1, 0.15) is 4.90 Å². The van der Waals surface area contributed by atoms with Gasteiger partial charge in [0.15, 0.2) is 0 Å². The Morgan fingerprint density at radius 1 is 1.20 bits per heavy atom. The fourth-order valence-corrected chi connectivity index (χ4v) is 3.40. The molecule has 1 heterocycles. The molecule has 0 saturated carbocycles. The summed E-state index contributed by atoms with van der Waals surface area (Å²) in [6, 6.07) is 7.31. The summed E-state index contributed by atoms with van der Waals surface area (Å²) in [5.41, 5.74) is 1.53. The van der Waals surface area contributed by atoms with Gasteiger partial charge in [-0.05, 0) is 37.1 Å². The zero-order valence-electron chi connectivity index (χ0n) is 11.1. The van der Waals surface area contributed by atoms with Crippen LogP contribution < -0.4 is 4.31 Å². The smallest absolute Gasteiger partial charge is 0.266 e. The van der Waals surface area contributed by atoms with Gasteiger partial charge in [0.2, 0.25) is 5.28 Å². The van der Waals surface area contributed by atoms with Crippen LogP contribution in [0.4, 0.5) is 5.69 Å². The van der Waals surface area contributed by atoms with Gasteiger partial charge in [-0.2, -0.15) is 0 Å². The number of halogens is 1. The molecule has 0 unspecified atom stereocenters. The van der Waals surface area contributed by atoms with Crippen LogP contribution in [0.2, 0.25) is 5.28 Å². The minimum Gasteiger partial charge on any atom is -0.266 e. The molecule has 0 bridgehead atoms. The first kappa shape index (κ1) is 14.7. The molecular weight excluding hydrogens is 298 g/mol. The average Bonchev–Trinajstić information content (AvgIpc) is 2.42. The van der Waals surface area contributed by atoms with Crippen molar-refractivity contribution in [2.45, 2.75) is 18.7 Å². The van der Waals surface area contributed by atoms with Crippen LogP contribution in [-0.4, -0.2) is 24.9 Å². The standard InChI is InChI=1S/C13H14ClN3O2S/c1-3-17(12-7-5-4-6-10(12)2)20(18,19)11-8-15-13(14)16-9-11/h4-9H,3H2,1-2H3. The summed E-state index contributed by atoms with van der Waals surface area (Å²) in [4.78, 5) is 7.47. The van der Waals surface area contributed by atoms with E-state index in [1.807, 2.05) is 19.1 Å². The Morgan fingerprint density at radius 3 is 2.35 bits per heavy atom. The van der Waals surface area contributed by atoms with E-state index in [0.717, 1.165) is 5.56 Å². The van der Waals surface area contributed by atoms with Gasteiger partial charge in [0.05, 0.1) is 18.1 Å². The average molecular weight is 312 g/mol. The minimum absolute atomic E-state index is 0.0166. The zero-order chi connectivity index (χ0) is 14.8. The third-order valence-electron chi connectivity index (χ3n) is 2.86. The summed E-state index contributed by atoms with van der Waals surface area (Å²) in [6.07, 6.45) is 2.43. The first-order valence-electron chi connectivity index (χ1n) is 6.02. The van der Waals surface area contributed by atoms with Crippen LogP contribution in [-0.2, 0) is 10.0 Å². The van der Waals surface area contributed by atoms with Gasteiger partial charge in [-0.25, -0.2) is 18.4 Å². The van der Waals surface area contributed by atoms with Crippen LogP contribution in [0.5, 0.6) is 0 Å². The van der Waals surface area contributed by atoms with Crippen molar-refractivity contribution in [3.8, 4) is 0 Å². The number of nitrogens with zero attached hydrogens (tertiary/aromatic N) is 3. The second kappa shape index (κ2) is 5.76. The molecule has 0 aliphatic heterocycles. The number of hydrogen-bond donors (Lipinski definition) is 0. The molecule has 0 amide bonds. The molecule has 0 N–H and O–H groups in total. The molecule has 7 heteroatoms. The van der Waals surface area contributed by atoms with Crippen molar-refractivity contribution in [3.63, 3.8) is 0 Å². The van der Waals surface area contributed by atoms with Crippen molar-refractivity contribution >= 4 is 27.3 Å². The second-order valence-electron chi connectivity index (χ2n) is 4.14. The fraction of sp³-hybridized carbons (Fsp3) is 0.231. The van der Waals surface area contributed by atoms with Crippen LogP contribution in [0, 0.1) is 6.92 Å². The molecule has 2 rings (SSSR count). The lowest BCUT2D eigenvalue weighted by molar-refractivity contribution is 0.591. The first-order valence-corrected chi connectivity index (χ1v) is 7.84. The van der Waals surface area contributed by atoms with Crippen molar-refractivity contribution in [1.29, 1.82) is 0 Å². The maximum absolute atomic E-state index is 12.6. The third-order valence-corrected chi connectivity index (χ3v) is 4.89. The SMILES string of the molecule is CCN(c1ccccc1C)S(=O)(=O)c1cnc(Cl)nc1. The molecule has 5 nitrogen and oxygen atoms in total. The largest absolute Gasteiger partial charge is 0.267 e. The Morgan fingerprint density at radius 2 is 1.80 bits per heavy atom. The van der Waals surface area contributed by atoms with Crippen LogP contribution >= 0.6 is 11.6 Å². The number of hydrogen-bond acceptors (Lipinski definition) is 4.